The van der Waals surface area contributed by atoms with Crippen molar-refractivity contribution in [2.75, 3.05) is 0 Å². The third-order valence-corrected chi connectivity index (χ3v) is 2.75. The number of aliphatic hydroxyl groups excluding tert-OH is 1. The summed E-state index contributed by atoms with van der Waals surface area (Å²) in [6, 6.07) is 16.5. The molecule has 0 aliphatic rings. The third-order valence-electron chi connectivity index (χ3n) is 2.75. The highest BCUT2D eigenvalue weighted by Gasteiger charge is 2.02. The van der Waals surface area contributed by atoms with E-state index in [9.17, 15) is 5.11 Å². The summed E-state index contributed by atoms with van der Waals surface area (Å²) in [5.41, 5.74) is 4.56. The molecule has 2 rings (SSSR count). The van der Waals surface area contributed by atoms with Crippen molar-refractivity contribution in [3.05, 3.63) is 59.7 Å². The van der Waals surface area contributed by atoms with Crippen molar-refractivity contribution in [2.45, 2.75) is 20.0 Å². The van der Waals surface area contributed by atoms with E-state index < -0.39 is 6.10 Å². The molecule has 0 radical (unpaired) electrons. The molecule has 1 atom stereocenters. The second-order valence-electron chi connectivity index (χ2n) is 4.17. The number of aryl methyl sites for hydroxylation is 1. The summed E-state index contributed by atoms with van der Waals surface area (Å²) in [7, 11) is 0. The van der Waals surface area contributed by atoms with Crippen LogP contribution in [0.4, 0.5) is 0 Å². The molecule has 0 bridgehead atoms. The van der Waals surface area contributed by atoms with Gasteiger partial charge in [0.25, 0.3) is 0 Å². The summed E-state index contributed by atoms with van der Waals surface area (Å²) in [5, 5.41) is 9.54. The van der Waals surface area contributed by atoms with Crippen LogP contribution in [0.3, 0.4) is 0 Å². The second-order valence-corrected chi connectivity index (χ2v) is 4.17. The summed E-state index contributed by atoms with van der Waals surface area (Å²) in [6.45, 7) is 3.87. The van der Waals surface area contributed by atoms with Gasteiger partial charge in [0, 0.05) is 0 Å². The molecule has 0 heterocycles. The average molecular weight is 212 g/mol. The van der Waals surface area contributed by atoms with E-state index in [0.717, 1.165) is 11.1 Å². The van der Waals surface area contributed by atoms with Gasteiger partial charge in [-0.1, -0.05) is 48.0 Å². The van der Waals surface area contributed by atoms with E-state index in [1.54, 1.807) is 6.92 Å². The molecule has 0 amide bonds. The number of aliphatic hydroxyl groups is 1. The first-order valence-corrected chi connectivity index (χ1v) is 5.52. The summed E-state index contributed by atoms with van der Waals surface area (Å²) in [4.78, 5) is 0. The molecule has 0 aromatic heterocycles. The Morgan fingerprint density at radius 3 is 2.25 bits per heavy atom. The predicted octanol–water partition coefficient (Wildman–Crippen LogP) is 3.72. The van der Waals surface area contributed by atoms with Gasteiger partial charge in [0.2, 0.25) is 0 Å². The molecule has 0 aliphatic heterocycles. The summed E-state index contributed by atoms with van der Waals surface area (Å²) < 4.78 is 0. The van der Waals surface area contributed by atoms with Crippen LogP contribution in [0.25, 0.3) is 11.1 Å². The third kappa shape index (κ3) is 2.31. The van der Waals surface area contributed by atoms with Crippen LogP contribution in [0.15, 0.2) is 48.5 Å². The highest BCUT2D eigenvalue weighted by molar-refractivity contribution is 5.64. The van der Waals surface area contributed by atoms with Crippen molar-refractivity contribution in [3.63, 3.8) is 0 Å². The molecule has 16 heavy (non-hydrogen) atoms. The van der Waals surface area contributed by atoms with Crippen molar-refractivity contribution in [2.24, 2.45) is 0 Å². The van der Waals surface area contributed by atoms with Crippen molar-refractivity contribution < 1.29 is 5.11 Å². The molecule has 0 saturated carbocycles. The van der Waals surface area contributed by atoms with E-state index in [2.05, 4.69) is 37.3 Å². The Kier molecular flexibility index (Phi) is 3.07. The minimum Gasteiger partial charge on any atom is -0.389 e. The fourth-order valence-electron chi connectivity index (χ4n) is 1.72. The van der Waals surface area contributed by atoms with E-state index in [-0.39, 0.29) is 0 Å². The van der Waals surface area contributed by atoms with Crippen LogP contribution in [-0.4, -0.2) is 5.11 Å². The zero-order valence-corrected chi connectivity index (χ0v) is 9.64. The van der Waals surface area contributed by atoms with Crippen molar-refractivity contribution in [3.8, 4) is 11.1 Å². The van der Waals surface area contributed by atoms with Crippen LogP contribution in [0, 0.1) is 6.92 Å². The second kappa shape index (κ2) is 4.50. The molecule has 1 nitrogen and oxygen atoms in total. The number of rotatable bonds is 2. The van der Waals surface area contributed by atoms with Gasteiger partial charge in [0.15, 0.2) is 0 Å². The molecular weight excluding hydrogens is 196 g/mol. The number of benzene rings is 2. The molecule has 0 fully saturated rings. The lowest BCUT2D eigenvalue weighted by molar-refractivity contribution is 0.199. The van der Waals surface area contributed by atoms with Gasteiger partial charge in [-0.2, -0.15) is 0 Å². The van der Waals surface area contributed by atoms with Crippen LogP contribution < -0.4 is 0 Å². The molecule has 2 aromatic rings. The fourth-order valence-corrected chi connectivity index (χ4v) is 1.72. The smallest absolute Gasteiger partial charge is 0.0762 e. The van der Waals surface area contributed by atoms with E-state index in [4.69, 9.17) is 0 Å². The van der Waals surface area contributed by atoms with Crippen molar-refractivity contribution >= 4 is 0 Å². The SMILES string of the molecule is Cc1ccc(-c2cccc(C(C)O)c2)cc1. The predicted molar refractivity (Wildman–Crippen MR) is 67.2 cm³/mol. The summed E-state index contributed by atoms with van der Waals surface area (Å²) in [6.07, 6.45) is -0.412. The maximum Gasteiger partial charge on any atom is 0.0762 e. The highest BCUT2D eigenvalue weighted by atomic mass is 16.3. The van der Waals surface area contributed by atoms with E-state index in [0.29, 0.717) is 0 Å². The zero-order chi connectivity index (χ0) is 11.5. The van der Waals surface area contributed by atoms with Crippen molar-refractivity contribution in [1.29, 1.82) is 0 Å². The molecule has 0 spiro atoms. The van der Waals surface area contributed by atoms with Gasteiger partial charge in [-0.3, -0.25) is 0 Å². The van der Waals surface area contributed by atoms with Gasteiger partial charge in [-0.15, -0.1) is 0 Å². The molecule has 82 valence electrons. The Labute approximate surface area is 96.4 Å². The lowest BCUT2D eigenvalue weighted by atomic mass is 10.0. The van der Waals surface area contributed by atoms with Gasteiger partial charge < -0.3 is 5.11 Å². The molecule has 1 heteroatoms. The maximum atomic E-state index is 9.54. The lowest BCUT2D eigenvalue weighted by Crippen LogP contribution is -1.90. The van der Waals surface area contributed by atoms with Crippen molar-refractivity contribution in [1.82, 2.24) is 0 Å². The number of hydrogen-bond donors (Lipinski definition) is 1. The first kappa shape index (κ1) is 10.9. The minimum atomic E-state index is -0.412. The quantitative estimate of drug-likeness (QED) is 0.804. The van der Waals surface area contributed by atoms with Crippen LogP contribution >= 0.6 is 0 Å². The highest BCUT2D eigenvalue weighted by Crippen LogP contribution is 2.23. The summed E-state index contributed by atoms with van der Waals surface area (Å²) >= 11 is 0. The molecule has 0 aliphatic carbocycles. The standard InChI is InChI=1S/C15H16O/c1-11-6-8-13(9-7-11)15-5-3-4-14(10-15)12(2)16/h3-10,12,16H,1-2H3. The van der Waals surface area contributed by atoms with Gasteiger partial charge in [-0.05, 0) is 36.6 Å². The molecular formula is C15H16O. The van der Waals surface area contributed by atoms with Crippen LogP contribution in [0.5, 0.6) is 0 Å². The van der Waals surface area contributed by atoms with Gasteiger partial charge in [0.1, 0.15) is 0 Å². The van der Waals surface area contributed by atoms with E-state index in [1.807, 2.05) is 18.2 Å². The van der Waals surface area contributed by atoms with Gasteiger partial charge >= 0.3 is 0 Å². The first-order valence-electron chi connectivity index (χ1n) is 5.52. The van der Waals surface area contributed by atoms with Crippen LogP contribution in [-0.2, 0) is 0 Å². The van der Waals surface area contributed by atoms with E-state index >= 15 is 0 Å². The van der Waals surface area contributed by atoms with Crippen LogP contribution in [0.1, 0.15) is 24.2 Å². The molecule has 2 aromatic carbocycles. The average Bonchev–Trinajstić information content (AvgIpc) is 2.30. The molecule has 1 N–H and O–H groups in total. The Morgan fingerprint density at radius 1 is 0.938 bits per heavy atom. The van der Waals surface area contributed by atoms with Gasteiger partial charge in [-0.25, -0.2) is 0 Å². The monoisotopic (exact) mass is 212 g/mol. The minimum absolute atomic E-state index is 0.412. The number of hydrogen-bond acceptors (Lipinski definition) is 1. The molecule has 1 unspecified atom stereocenters. The summed E-state index contributed by atoms with van der Waals surface area (Å²) in [5.74, 6) is 0. The Bertz CT molecular complexity index is 469. The van der Waals surface area contributed by atoms with Gasteiger partial charge in [0.05, 0.1) is 6.10 Å². The first-order chi connectivity index (χ1) is 7.66. The van der Waals surface area contributed by atoms with E-state index in [1.165, 1.54) is 11.1 Å². The normalized spacial score (nSPS) is 12.4. The largest absolute Gasteiger partial charge is 0.389 e. The van der Waals surface area contributed by atoms with Crippen LogP contribution in [0.2, 0.25) is 0 Å². The Hall–Kier alpha value is -1.60. The fraction of sp³-hybridized carbons (Fsp3) is 0.200. The molecule has 0 saturated heterocycles. The lowest BCUT2D eigenvalue weighted by Gasteiger charge is -2.07. The Balaban J connectivity index is 2.40. The Morgan fingerprint density at radius 2 is 1.62 bits per heavy atom. The zero-order valence-electron chi connectivity index (χ0n) is 9.64. The topological polar surface area (TPSA) is 20.2 Å². The maximum absolute atomic E-state index is 9.54.